The van der Waals surface area contributed by atoms with Crippen molar-refractivity contribution in [2.45, 2.75) is 31.7 Å². The first-order valence-electron chi connectivity index (χ1n) is 5.74. The molecule has 0 aliphatic heterocycles. The molecule has 17 heavy (non-hydrogen) atoms. The van der Waals surface area contributed by atoms with Crippen LogP contribution in [0, 0.1) is 0 Å². The lowest BCUT2D eigenvalue weighted by Gasteiger charge is -2.24. The Hall–Kier alpha value is -1.63. The van der Waals surface area contributed by atoms with E-state index in [9.17, 15) is 0 Å². The van der Waals surface area contributed by atoms with E-state index in [1.165, 1.54) is 32.8 Å². The van der Waals surface area contributed by atoms with E-state index in [0.29, 0.717) is 17.9 Å². The Kier molecular flexibility index (Phi) is 3.58. The van der Waals surface area contributed by atoms with Gasteiger partial charge < -0.3 is 9.64 Å². The second kappa shape index (κ2) is 5.13. The molecule has 1 saturated carbocycles. The Labute approximate surface area is 100 Å². The van der Waals surface area contributed by atoms with E-state index in [1.807, 2.05) is 7.05 Å². The van der Waals surface area contributed by atoms with Gasteiger partial charge in [0, 0.05) is 13.1 Å². The summed E-state index contributed by atoms with van der Waals surface area (Å²) in [6, 6.07) is 0.764. The predicted octanol–water partition coefficient (Wildman–Crippen LogP) is 0.545. The quantitative estimate of drug-likeness (QED) is 0.584. The molecule has 1 heterocycles. The molecule has 0 bridgehead atoms. The van der Waals surface area contributed by atoms with Gasteiger partial charge in [0.1, 0.15) is 0 Å². The second-order valence-corrected chi connectivity index (χ2v) is 4.14. The van der Waals surface area contributed by atoms with Crippen LogP contribution >= 0.6 is 0 Å². The molecule has 7 heteroatoms. The highest BCUT2D eigenvalue weighted by molar-refractivity contribution is 5.38. The van der Waals surface area contributed by atoms with Crippen LogP contribution in [0.15, 0.2) is 0 Å². The molecule has 0 spiro atoms. The molecule has 94 valence electrons. The minimum Gasteiger partial charge on any atom is -0.467 e. The van der Waals surface area contributed by atoms with Gasteiger partial charge in [0.25, 0.3) is 0 Å². The van der Waals surface area contributed by atoms with Crippen molar-refractivity contribution in [3.05, 3.63) is 0 Å². The molecule has 0 unspecified atom stereocenters. The molecule has 0 radical (unpaired) electrons. The highest BCUT2D eigenvalue weighted by Crippen LogP contribution is 2.25. The van der Waals surface area contributed by atoms with Crippen molar-refractivity contribution in [1.82, 2.24) is 15.0 Å². The standard InChI is InChI=1S/C10H18N6O/c1-16(7-5-3-4-6-7)9-12-8(15-11)13-10(14-9)17-2/h7H,3-6,11H2,1-2H3,(H,12,13,14,15). The van der Waals surface area contributed by atoms with Crippen LogP contribution < -0.4 is 20.9 Å². The minimum atomic E-state index is 0.271. The zero-order valence-electron chi connectivity index (χ0n) is 10.2. The van der Waals surface area contributed by atoms with E-state index in [-0.39, 0.29) is 6.01 Å². The van der Waals surface area contributed by atoms with E-state index in [2.05, 4.69) is 25.3 Å². The summed E-state index contributed by atoms with van der Waals surface area (Å²) in [7, 11) is 3.51. The van der Waals surface area contributed by atoms with Crippen molar-refractivity contribution in [1.29, 1.82) is 0 Å². The normalized spacial score (nSPS) is 15.9. The molecule has 1 aliphatic rings. The number of rotatable bonds is 4. The number of hydrazine groups is 1. The largest absolute Gasteiger partial charge is 0.467 e. The molecule has 1 aromatic rings. The first-order chi connectivity index (χ1) is 8.24. The summed E-state index contributed by atoms with van der Waals surface area (Å²) >= 11 is 0. The maximum atomic E-state index is 5.32. The molecule has 1 aliphatic carbocycles. The van der Waals surface area contributed by atoms with Crippen molar-refractivity contribution in [2.75, 3.05) is 24.5 Å². The number of anilines is 2. The fourth-order valence-corrected chi connectivity index (χ4v) is 2.11. The molecule has 0 saturated heterocycles. The molecule has 7 nitrogen and oxygen atoms in total. The van der Waals surface area contributed by atoms with Gasteiger partial charge in [-0.1, -0.05) is 12.8 Å². The van der Waals surface area contributed by atoms with Crippen LogP contribution in [0.25, 0.3) is 0 Å². The van der Waals surface area contributed by atoms with Crippen LogP contribution in [-0.4, -0.2) is 35.2 Å². The van der Waals surface area contributed by atoms with Crippen molar-refractivity contribution in [2.24, 2.45) is 5.84 Å². The van der Waals surface area contributed by atoms with Gasteiger partial charge in [-0.15, -0.1) is 0 Å². The van der Waals surface area contributed by atoms with E-state index in [0.717, 1.165) is 0 Å². The summed E-state index contributed by atoms with van der Waals surface area (Å²) < 4.78 is 5.03. The molecule has 0 aromatic carbocycles. The average Bonchev–Trinajstić information content (AvgIpc) is 2.91. The van der Waals surface area contributed by atoms with Crippen molar-refractivity contribution in [3.63, 3.8) is 0 Å². The topological polar surface area (TPSA) is 89.2 Å². The average molecular weight is 238 g/mol. The van der Waals surface area contributed by atoms with Gasteiger partial charge in [0.2, 0.25) is 11.9 Å². The van der Waals surface area contributed by atoms with Crippen molar-refractivity contribution < 1.29 is 4.74 Å². The molecular formula is C10H18N6O. The monoisotopic (exact) mass is 238 g/mol. The summed E-state index contributed by atoms with van der Waals surface area (Å²) in [5.74, 6) is 6.23. The van der Waals surface area contributed by atoms with E-state index < -0.39 is 0 Å². The van der Waals surface area contributed by atoms with Gasteiger partial charge in [-0.25, -0.2) is 5.84 Å². The molecular weight excluding hydrogens is 220 g/mol. The number of methoxy groups -OCH3 is 1. The lowest BCUT2D eigenvalue weighted by molar-refractivity contribution is 0.378. The number of ether oxygens (including phenoxy) is 1. The van der Waals surface area contributed by atoms with Gasteiger partial charge in [-0.05, 0) is 12.8 Å². The number of aromatic nitrogens is 3. The summed E-state index contributed by atoms with van der Waals surface area (Å²) in [6.45, 7) is 0. The van der Waals surface area contributed by atoms with Gasteiger partial charge in [-0.3, -0.25) is 5.43 Å². The lowest BCUT2D eigenvalue weighted by Crippen LogP contribution is -2.31. The highest BCUT2D eigenvalue weighted by Gasteiger charge is 2.22. The fraction of sp³-hybridized carbons (Fsp3) is 0.700. The van der Waals surface area contributed by atoms with Crippen LogP contribution in [0.4, 0.5) is 11.9 Å². The zero-order valence-corrected chi connectivity index (χ0v) is 10.2. The van der Waals surface area contributed by atoms with Crippen LogP contribution in [-0.2, 0) is 0 Å². The Morgan fingerprint density at radius 3 is 2.59 bits per heavy atom. The number of hydrogen-bond acceptors (Lipinski definition) is 7. The van der Waals surface area contributed by atoms with Crippen molar-refractivity contribution >= 4 is 11.9 Å². The molecule has 2 rings (SSSR count). The third-order valence-electron chi connectivity index (χ3n) is 3.10. The summed E-state index contributed by atoms with van der Waals surface area (Å²) in [6.07, 6.45) is 4.88. The Morgan fingerprint density at radius 1 is 1.29 bits per heavy atom. The molecule has 0 atom stereocenters. The number of nitrogens with two attached hydrogens (primary N) is 1. The summed E-state index contributed by atoms with van der Waals surface area (Å²) in [5.41, 5.74) is 2.42. The molecule has 3 N–H and O–H groups in total. The Bertz CT molecular complexity index is 357. The summed E-state index contributed by atoms with van der Waals surface area (Å²) in [4.78, 5) is 14.5. The fourth-order valence-electron chi connectivity index (χ4n) is 2.11. The number of nitrogens with one attached hydrogen (secondary N) is 1. The third-order valence-corrected chi connectivity index (χ3v) is 3.10. The highest BCUT2D eigenvalue weighted by atomic mass is 16.5. The van der Waals surface area contributed by atoms with Gasteiger partial charge >= 0.3 is 6.01 Å². The molecule has 1 fully saturated rings. The zero-order chi connectivity index (χ0) is 12.3. The second-order valence-electron chi connectivity index (χ2n) is 4.14. The Morgan fingerprint density at radius 2 is 2.00 bits per heavy atom. The Balaban J connectivity index is 2.23. The van der Waals surface area contributed by atoms with Crippen LogP contribution in [0.2, 0.25) is 0 Å². The number of nitrogens with zero attached hydrogens (tertiary/aromatic N) is 4. The first kappa shape index (κ1) is 11.8. The maximum Gasteiger partial charge on any atom is 0.322 e. The van der Waals surface area contributed by atoms with Gasteiger partial charge in [0.05, 0.1) is 7.11 Å². The van der Waals surface area contributed by atoms with Crippen LogP contribution in [0.3, 0.4) is 0 Å². The smallest absolute Gasteiger partial charge is 0.322 e. The third kappa shape index (κ3) is 2.55. The number of hydrogen-bond donors (Lipinski definition) is 2. The minimum absolute atomic E-state index is 0.271. The van der Waals surface area contributed by atoms with Crippen molar-refractivity contribution in [3.8, 4) is 6.01 Å². The van der Waals surface area contributed by atoms with Crippen LogP contribution in [0.1, 0.15) is 25.7 Å². The van der Waals surface area contributed by atoms with E-state index in [4.69, 9.17) is 10.6 Å². The van der Waals surface area contributed by atoms with E-state index in [1.54, 1.807) is 0 Å². The van der Waals surface area contributed by atoms with Crippen LogP contribution in [0.5, 0.6) is 6.01 Å². The number of nitrogen functional groups attached to an aromatic ring is 1. The SMILES string of the molecule is COc1nc(NN)nc(N(C)C2CCCC2)n1. The van der Waals surface area contributed by atoms with Gasteiger partial charge in [-0.2, -0.15) is 15.0 Å². The predicted molar refractivity (Wildman–Crippen MR) is 64.8 cm³/mol. The summed E-state index contributed by atoms with van der Waals surface area (Å²) in [5, 5.41) is 0. The molecule has 0 amide bonds. The molecule has 1 aromatic heterocycles. The van der Waals surface area contributed by atoms with E-state index >= 15 is 0 Å². The lowest BCUT2D eigenvalue weighted by atomic mass is 10.2. The maximum absolute atomic E-state index is 5.32. The first-order valence-corrected chi connectivity index (χ1v) is 5.74. The van der Waals surface area contributed by atoms with Gasteiger partial charge in [0.15, 0.2) is 0 Å².